The quantitative estimate of drug-likeness (QED) is 0.885. The number of hydrogen-bond acceptors (Lipinski definition) is 4. The molecule has 1 fully saturated rings. The minimum Gasteiger partial charge on any atom is -0.490 e. The summed E-state index contributed by atoms with van der Waals surface area (Å²) in [5, 5.41) is 3.02. The lowest BCUT2D eigenvalue weighted by atomic mass is 10.1. The van der Waals surface area contributed by atoms with Crippen molar-refractivity contribution in [2.24, 2.45) is 0 Å². The monoisotopic (exact) mass is 347 g/mol. The lowest BCUT2D eigenvalue weighted by Gasteiger charge is -2.34. The molecule has 7 nitrogen and oxygen atoms in total. The van der Waals surface area contributed by atoms with Gasteiger partial charge >= 0.3 is 6.03 Å². The van der Waals surface area contributed by atoms with Crippen LogP contribution in [0.15, 0.2) is 18.2 Å². The molecule has 1 aromatic rings. The maximum atomic E-state index is 12.5. The first kappa shape index (κ1) is 17.4. The number of carbonyl (C=O) groups excluding carboxylic acids is 2. The van der Waals surface area contributed by atoms with Crippen molar-refractivity contribution in [1.82, 2.24) is 15.1 Å². The van der Waals surface area contributed by atoms with Gasteiger partial charge in [-0.3, -0.25) is 4.79 Å². The molecule has 0 saturated carbocycles. The largest absolute Gasteiger partial charge is 0.490 e. The third-order valence-corrected chi connectivity index (χ3v) is 4.62. The summed E-state index contributed by atoms with van der Waals surface area (Å²) in [6.07, 6.45) is 0.864. The Morgan fingerprint density at radius 3 is 2.36 bits per heavy atom. The highest BCUT2D eigenvalue weighted by Gasteiger charge is 2.23. The third kappa shape index (κ3) is 4.15. The van der Waals surface area contributed by atoms with Crippen molar-refractivity contribution in [1.29, 1.82) is 0 Å². The molecular formula is C18H25N3O4. The highest BCUT2D eigenvalue weighted by atomic mass is 16.5. The van der Waals surface area contributed by atoms with E-state index < -0.39 is 0 Å². The summed E-state index contributed by atoms with van der Waals surface area (Å²) in [6, 6.07) is 5.52. The van der Waals surface area contributed by atoms with Crippen molar-refractivity contribution >= 4 is 11.9 Å². The van der Waals surface area contributed by atoms with Gasteiger partial charge in [0.25, 0.3) is 0 Å². The third-order valence-electron chi connectivity index (χ3n) is 4.62. The number of carbonyl (C=O) groups is 2. The minimum absolute atomic E-state index is 0.0561. The molecule has 25 heavy (non-hydrogen) atoms. The highest BCUT2D eigenvalue weighted by Crippen LogP contribution is 2.32. The van der Waals surface area contributed by atoms with Gasteiger partial charge in [0.2, 0.25) is 5.91 Å². The molecule has 0 unspecified atom stereocenters. The number of piperazine rings is 1. The number of fused-ring (bicyclic) bond motifs is 1. The van der Waals surface area contributed by atoms with E-state index in [4.69, 9.17) is 9.47 Å². The second kappa shape index (κ2) is 7.63. The fraction of sp³-hybridized carbons (Fsp3) is 0.556. The van der Waals surface area contributed by atoms with Crippen LogP contribution in [-0.4, -0.2) is 61.1 Å². The molecule has 0 spiro atoms. The Balaban J connectivity index is 1.58. The molecule has 2 aliphatic heterocycles. The highest BCUT2D eigenvalue weighted by molar-refractivity contribution is 5.76. The van der Waals surface area contributed by atoms with E-state index in [9.17, 15) is 9.59 Å². The number of amides is 3. The van der Waals surface area contributed by atoms with E-state index in [1.165, 1.54) is 0 Å². The summed E-state index contributed by atoms with van der Waals surface area (Å²) in [5.74, 6) is 1.53. The van der Waals surface area contributed by atoms with Gasteiger partial charge in [0.1, 0.15) is 0 Å². The number of hydrogen-bond donors (Lipinski definition) is 1. The molecule has 3 rings (SSSR count). The second-order valence-electron chi connectivity index (χ2n) is 6.42. The predicted molar refractivity (Wildman–Crippen MR) is 92.8 cm³/mol. The number of ether oxygens (including phenoxy) is 2. The maximum Gasteiger partial charge on any atom is 0.317 e. The molecule has 7 heteroatoms. The van der Waals surface area contributed by atoms with Crippen LogP contribution < -0.4 is 14.8 Å². The first-order valence-corrected chi connectivity index (χ1v) is 8.75. The van der Waals surface area contributed by atoms with E-state index in [-0.39, 0.29) is 18.0 Å². The minimum atomic E-state index is -0.143. The SMILES string of the molecule is CC(=O)N1CCN(C(=O)N[C@H](C)c2ccc3c(c2)OCCCO3)CC1. The van der Waals surface area contributed by atoms with E-state index in [0.717, 1.165) is 23.5 Å². The Morgan fingerprint density at radius 1 is 1.04 bits per heavy atom. The van der Waals surface area contributed by atoms with Crippen LogP contribution in [0.3, 0.4) is 0 Å². The molecule has 136 valence electrons. The molecule has 2 heterocycles. The smallest absolute Gasteiger partial charge is 0.317 e. The summed E-state index contributed by atoms with van der Waals surface area (Å²) in [4.78, 5) is 27.3. The molecule has 1 atom stereocenters. The van der Waals surface area contributed by atoms with E-state index in [1.807, 2.05) is 25.1 Å². The Bertz CT molecular complexity index is 641. The zero-order valence-corrected chi connectivity index (χ0v) is 14.8. The van der Waals surface area contributed by atoms with Gasteiger partial charge in [-0.2, -0.15) is 0 Å². The van der Waals surface area contributed by atoms with Gasteiger partial charge in [0.05, 0.1) is 19.3 Å². The van der Waals surface area contributed by atoms with Crippen molar-refractivity contribution in [3.8, 4) is 11.5 Å². The van der Waals surface area contributed by atoms with Gasteiger partial charge in [-0.05, 0) is 24.6 Å². The van der Waals surface area contributed by atoms with Crippen LogP contribution in [0.5, 0.6) is 11.5 Å². The maximum absolute atomic E-state index is 12.5. The van der Waals surface area contributed by atoms with Crippen LogP contribution in [0.2, 0.25) is 0 Å². The van der Waals surface area contributed by atoms with E-state index in [2.05, 4.69) is 5.32 Å². The Labute approximate surface area is 147 Å². The van der Waals surface area contributed by atoms with Gasteiger partial charge < -0.3 is 24.6 Å². The van der Waals surface area contributed by atoms with E-state index in [1.54, 1.807) is 16.7 Å². The average Bonchev–Trinajstić information content (AvgIpc) is 2.86. The summed E-state index contributed by atoms with van der Waals surface area (Å²) in [5.41, 5.74) is 0.972. The van der Waals surface area contributed by atoms with Gasteiger partial charge in [-0.25, -0.2) is 4.79 Å². The predicted octanol–water partition coefficient (Wildman–Crippen LogP) is 1.78. The molecule has 1 N–H and O–H groups in total. The fourth-order valence-electron chi connectivity index (χ4n) is 3.03. The molecule has 0 aromatic heterocycles. The lowest BCUT2D eigenvalue weighted by Crippen LogP contribution is -2.53. The van der Waals surface area contributed by atoms with Crippen LogP contribution in [0.1, 0.15) is 31.9 Å². The van der Waals surface area contributed by atoms with Crippen LogP contribution in [0, 0.1) is 0 Å². The molecule has 0 bridgehead atoms. The molecule has 1 aromatic carbocycles. The molecule has 3 amide bonds. The number of rotatable bonds is 2. The Kier molecular flexibility index (Phi) is 5.31. The molecular weight excluding hydrogens is 322 g/mol. The fourth-order valence-corrected chi connectivity index (χ4v) is 3.03. The van der Waals surface area contributed by atoms with Crippen molar-refractivity contribution in [2.75, 3.05) is 39.4 Å². The van der Waals surface area contributed by atoms with Gasteiger partial charge in [-0.15, -0.1) is 0 Å². The summed E-state index contributed by atoms with van der Waals surface area (Å²) in [6.45, 7) is 7.08. The number of nitrogens with zero attached hydrogens (tertiary/aromatic N) is 2. The normalized spacial score (nSPS) is 18.3. The van der Waals surface area contributed by atoms with Gasteiger partial charge in [0, 0.05) is 39.5 Å². The Hall–Kier alpha value is -2.44. The van der Waals surface area contributed by atoms with Crippen molar-refractivity contribution < 1.29 is 19.1 Å². The molecule has 0 aliphatic carbocycles. The van der Waals surface area contributed by atoms with Gasteiger partial charge in [-0.1, -0.05) is 6.07 Å². The lowest BCUT2D eigenvalue weighted by molar-refractivity contribution is -0.130. The summed E-state index contributed by atoms with van der Waals surface area (Å²) in [7, 11) is 0. The summed E-state index contributed by atoms with van der Waals surface area (Å²) < 4.78 is 11.3. The van der Waals surface area contributed by atoms with E-state index >= 15 is 0 Å². The van der Waals surface area contributed by atoms with Crippen molar-refractivity contribution in [2.45, 2.75) is 26.3 Å². The van der Waals surface area contributed by atoms with Crippen LogP contribution >= 0.6 is 0 Å². The van der Waals surface area contributed by atoms with Crippen LogP contribution in [0.4, 0.5) is 4.79 Å². The topological polar surface area (TPSA) is 71.1 Å². The second-order valence-corrected chi connectivity index (χ2v) is 6.42. The first-order chi connectivity index (χ1) is 12.0. The van der Waals surface area contributed by atoms with Crippen molar-refractivity contribution in [3.63, 3.8) is 0 Å². The molecule has 0 radical (unpaired) electrons. The van der Waals surface area contributed by atoms with Crippen LogP contribution in [0.25, 0.3) is 0 Å². The zero-order valence-electron chi connectivity index (χ0n) is 14.8. The zero-order chi connectivity index (χ0) is 17.8. The molecule has 2 aliphatic rings. The summed E-state index contributed by atoms with van der Waals surface area (Å²) >= 11 is 0. The van der Waals surface area contributed by atoms with Crippen LogP contribution in [-0.2, 0) is 4.79 Å². The number of urea groups is 1. The average molecular weight is 347 g/mol. The number of nitrogens with one attached hydrogen (secondary N) is 1. The standard InChI is InChI=1S/C18H25N3O4/c1-13(15-4-5-16-17(12-15)25-11-3-10-24-16)19-18(23)21-8-6-20(7-9-21)14(2)22/h4-5,12-13H,3,6-11H2,1-2H3,(H,19,23)/t13-/m1/s1. The first-order valence-electron chi connectivity index (χ1n) is 8.75. The molecule has 1 saturated heterocycles. The van der Waals surface area contributed by atoms with E-state index in [0.29, 0.717) is 39.4 Å². The Morgan fingerprint density at radius 2 is 1.68 bits per heavy atom. The van der Waals surface area contributed by atoms with Crippen molar-refractivity contribution in [3.05, 3.63) is 23.8 Å². The number of benzene rings is 1. The van der Waals surface area contributed by atoms with Gasteiger partial charge in [0.15, 0.2) is 11.5 Å².